The van der Waals surface area contributed by atoms with Gasteiger partial charge in [0.05, 0.1) is 12.7 Å². The van der Waals surface area contributed by atoms with Gasteiger partial charge in [0, 0.05) is 48.1 Å². The Hall–Kier alpha value is -3.51. The summed E-state index contributed by atoms with van der Waals surface area (Å²) in [6, 6.07) is 20.2. The maximum absolute atomic E-state index is 12.7. The zero-order valence-corrected chi connectivity index (χ0v) is 19.4. The Bertz CT molecular complexity index is 1140. The zero-order valence-electron chi connectivity index (χ0n) is 18.7. The summed E-state index contributed by atoms with van der Waals surface area (Å²) in [7, 11) is 1.57. The molecule has 0 radical (unpaired) electrons. The minimum Gasteiger partial charge on any atom is -0.496 e. The molecule has 2 amide bonds. The molecule has 170 valence electrons. The quantitative estimate of drug-likeness (QED) is 0.586. The Morgan fingerprint density at radius 1 is 0.909 bits per heavy atom. The smallest absolute Gasteiger partial charge is 0.259 e. The molecule has 1 saturated heterocycles. The lowest BCUT2D eigenvalue weighted by atomic mass is 10.1. The number of aryl methyl sites for hydroxylation is 1. The topological polar surface area (TPSA) is 61.9 Å². The van der Waals surface area contributed by atoms with Gasteiger partial charge in [0.2, 0.25) is 0 Å². The van der Waals surface area contributed by atoms with Crippen LogP contribution in [-0.2, 0) is 0 Å². The molecular formula is C26H26ClN3O3. The molecule has 6 nitrogen and oxygen atoms in total. The number of benzene rings is 3. The molecular weight excluding hydrogens is 438 g/mol. The number of rotatable bonds is 5. The molecule has 0 atom stereocenters. The number of hydrogen-bond donors (Lipinski definition) is 1. The fourth-order valence-corrected chi connectivity index (χ4v) is 4.12. The number of hydrogen-bond acceptors (Lipinski definition) is 4. The van der Waals surface area contributed by atoms with Gasteiger partial charge < -0.3 is 19.9 Å². The second kappa shape index (κ2) is 9.96. The molecule has 3 aromatic rings. The van der Waals surface area contributed by atoms with Crippen LogP contribution in [0.5, 0.6) is 5.75 Å². The van der Waals surface area contributed by atoms with Crippen LogP contribution in [0.1, 0.15) is 26.3 Å². The van der Waals surface area contributed by atoms with E-state index in [1.807, 2.05) is 48.2 Å². The van der Waals surface area contributed by atoms with Crippen molar-refractivity contribution in [1.82, 2.24) is 4.90 Å². The van der Waals surface area contributed by atoms with E-state index in [2.05, 4.69) is 10.2 Å². The van der Waals surface area contributed by atoms with Gasteiger partial charge in [-0.2, -0.15) is 0 Å². The van der Waals surface area contributed by atoms with Crippen LogP contribution in [0.3, 0.4) is 0 Å². The molecule has 1 fully saturated rings. The molecule has 4 rings (SSSR count). The maximum atomic E-state index is 12.7. The molecule has 7 heteroatoms. The highest BCUT2D eigenvalue weighted by molar-refractivity contribution is 6.30. The Balaban J connectivity index is 1.35. The van der Waals surface area contributed by atoms with Crippen LogP contribution in [0.15, 0.2) is 66.7 Å². The van der Waals surface area contributed by atoms with Crippen molar-refractivity contribution in [1.29, 1.82) is 0 Å². The molecule has 1 N–H and O–H groups in total. The summed E-state index contributed by atoms with van der Waals surface area (Å²) in [5, 5.41) is 3.55. The minimum absolute atomic E-state index is 0.0240. The molecule has 1 heterocycles. The number of halogens is 1. The molecule has 0 aliphatic carbocycles. The molecule has 33 heavy (non-hydrogen) atoms. The Morgan fingerprint density at radius 2 is 1.58 bits per heavy atom. The third-order valence-electron chi connectivity index (χ3n) is 5.81. The molecule has 0 aromatic heterocycles. The molecule has 0 unspecified atom stereocenters. The number of para-hydroxylation sites is 1. The predicted molar refractivity (Wildman–Crippen MR) is 132 cm³/mol. The predicted octanol–water partition coefficient (Wildman–Crippen LogP) is 4.87. The van der Waals surface area contributed by atoms with Crippen LogP contribution < -0.4 is 15.0 Å². The fourth-order valence-electron chi connectivity index (χ4n) is 4.00. The standard InChI is InChI=1S/C26H26ClN3O3/c1-18-4-3-5-23(24(18)33-2)25(31)28-21-10-12-22(13-11-21)29-14-16-30(17-15-29)26(32)19-6-8-20(27)9-7-19/h3-13H,14-17H2,1-2H3,(H,28,31). The number of carbonyl (C=O) groups excluding carboxylic acids is 2. The third-order valence-corrected chi connectivity index (χ3v) is 6.06. The average molecular weight is 464 g/mol. The van der Waals surface area contributed by atoms with Gasteiger partial charge in [-0.25, -0.2) is 0 Å². The number of methoxy groups -OCH3 is 1. The van der Waals surface area contributed by atoms with E-state index in [0.717, 1.165) is 24.3 Å². The van der Waals surface area contributed by atoms with Crippen molar-refractivity contribution < 1.29 is 14.3 Å². The molecule has 3 aromatic carbocycles. The number of amides is 2. The van der Waals surface area contributed by atoms with Crippen molar-refractivity contribution in [3.05, 3.63) is 88.4 Å². The number of carbonyl (C=O) groups is 2. The normalized spacial score (nSPS) is 13.5. The lowest BCUT2D eigenvalue weighted by Crippen LogP contribution is -2.48. The SMILES string of the molecule is COc1c(C)cccc1C(=O)Nc1ccc(N2CCN(C(=O)c3ccc(Cl)cc3)CC2)cc1. The number of nitrogens with zero attached hydrogens (tertiary/aromatic N) is 2. The fraction of sp³-hybridized carbons (Fsp3) is 0.231. The highest BCUT2D eigenvalue weighted by Gasteiger charge is 2.22. The van der Waals surface area contributed by atoms with Gasteiger partial charge in [0.15, 0.2) is 0 Å². The lowest BCUT2D eigenvalue weighted by Gasteiger charge is -2.36. The van der Waals surface area contributed by atoms with Crippen LogP contribution in [0.25, 0.3) is 0 Å². The molecule has 1 aliphatic heterocycles. The summed E-state index contributed by atoms with van der Waals surface area (Å²) in [5.41, 5.74) is 3.83. The molecule has 0 saturated carbocycles. The van der Waals surface area contributed by atoms with Crippen molar-refractivity contribution in [3.8, 4) is 5.75 Å². The summed E-state index contributed by atoms with van der Waals surface area (Å²) in [4.78, 5) is 29.5. The highest BCUT2D eigenvalue weighted by Crippen LogP contribution is 2.25. The second-order valence-corrected chi connectivity index (χ2v) is 8.38. The van der Waals surface area contributed by atoms with E-state index in [1.54, 1.807) is 37.4 Å². The van der Waals surface area contributed by atoms with Crippen molar-refractivity contribution in [2.24, 2.45) is 0 Å². The Morgan fingerprint density at radius 3 is 2.21 bits per heavy atom. The van der Waals surface area contributed by atoms with Crippen molar-refractivity contribution in [2.45, 2.75) is 6.92 Å². The Kier molecular flexibility index (Phi) is 6.84. The molecule has 0 spiro atoms. The largest absolute Gasteiger partial charge is 0.496 e. The van der Waals surface area contributed by atoms with E-state index < -0.39 is 0 Å². The summed E-state index contributed by atoms with van der Waals surface area (Å²) in [5.74, 6) is 0.395. The third kappa shape index (κ3) is 5.12. The maximum Gasteiger partial charge on any atom is 0.259 e. The zero-order chi connectivity index (χ0) is 23.4. The summed E-state index contributed by atoms with van der Waals surface area (Å²) < 4.78 is 5.39. The van der Waals surface area contributed by atoms with E-state index in [1.165, 1.54) is 0 Å². The van der Waals surface area contributed by atoms with E-state index >= 15 is 0 Å². The van der Waals surface area contributed by atoms with Crippen LogP contribution in [0.4, 0.5) is 11.4 Å². The highest BCUT2D eigenvalue weighted by atomic mass is 35.5. The van der Waals surface area contributed by atoms with E-state index in [9.17, 15) is 9.59 Å². The van der Waals surface area contributed by atoms with E-state index in [0.29, 0.717) is 40.7 Å². The number of anilines is 2. The van der Waals surface area contributed by atoms with Crippen molar-refractivity contribution in [2.75, 3.05) is 43.5 Å². The first kappa shape index (κ1) is 22.7. The first-order chi connectivity index (χ1) is 16.0. The first-order valence-corrected chi connectivity index (χ1v) is 11.2. The monoisotopic (exact) mass is 463 g/mol. The van der Waals surface area contributed by atoms with Gasteiger partial charge in [-0.05, 0) is 67.1 Å². The first-order valence-electron chi connectivity index (χ1n) is 10.8. The second-order valence-electron chi connectivity index (χ2n) is 7.94. The van der Waals surface area contributed by atoms with Crippen LogP contribution in [0, 0.1) is 6.92 Å². The van der Waals surface area contributed by atoms with Gasteiger partial charge in [0.1, 0.15) is 5.75 Å². The van der Waals surface area contributed by atoms with Gasteiger partial charge in [-0.3, -0.25) is 9.59 Å². The lowest BCUT2D eigenvalue weighted by molar-refractivity contribution is 0.0746. The van der Waals surface area contributed by atoms with Gasteiger partial charge in [0.25, 0.3) is 11.8 Å². The molecule has 1 aliphatic rings. The summed E-state index contributed by atoms with van der Waals surface area (Å²) in [6.07, 6.45) is 0. The molecule has 0 bridgehead atoms. The number of nitrogens with one attached hydrogen (secondary N) is 1. The summed E-state index contributed by atoms with van der Waals surface area (Å²) >= 11 is 5.92. The van der Waals surface area contributed by atoms with Crippen molar-refractivity contribution in [3.63, 3.8) is 0 Å². The van der Waals surface area contributed by atoms with Crippen LogP contribution in [0.2, 0.25) is 5.02 Å². The Labute approximate surface area is 198 Å². The average Bonchev–Trinajstić information content (AvgIpc) is 2.84. The number of ether oxygens (including phenoxy) is 1. The van der Waals surface area contributed by atoms with Crippen molar-refractivity contribution >= 4 is 34.8 Å². The van der Waals surface area contributed by atoms with Crippen LogP contribution >= 0.6 is 11.6 Å². The van der Waals surface area contributed by atoms with Crippen LogP contribution in [-0.4, -0.2) is 50.0 Å². The summed E-state index contributed by atoms with van der Waals surface area (Å²) in [6.45, 7) is 4.68. The van der Waals surface area contributed by atoms with E-state index in [-0.39, 0.29) is 11.8 Å². The van der Waals surface area contributed by atoms with Gasteiger partial charge in [-0.15, -0.1) is 0 Å². The number of piperazine rings is 1. The van der Waals surface area contributed by atoms with E-state index in [4.69, 9.17) is 16.3 Å². The minimum atomic E-state index is -0.211. The van der Waals surface area contributed by atoms with Gasteiger partial charge >= 0.3 is 0 Å². The van der Waals surface area contributed by atoms with Gasteiger partial charge in [-0.1, -0.05) is 23.7 Å².